The summed E-state index contributed by atoms with van der Waals surface area (Å²) in [4.78, 5) is 7.30. The lowest BCUT2D eigenvalue weighted by atomic mass is 10.7. The fraction of sp³-hybridized carbons (Fsp3) is 0. The Kier molecular flexibility index (Phi) is 2.42. The summed E-state index contributed by atoms with van der Waals surface area (Å²) in [5.41, 5.74) is 9.95. The average molecular weight is 116 g/mol. The highest BCUT2D eigenvalue weighted by Gasteiger charge is 1.92. The van der Waals surface area contributed by atoms with Crippen molar-refractivity contribution in [2.45, 2.75) is 0 Å². The van der Waals surface area contributed by atoms with Crippen LogP contribution in [0.1, 0.15) is 0 Å². The standard InChI is InChI=1S/C3H8N4O/c1-7-3(8-6)2(4)5/h1,4-6H2. The van der Waals surface area contributed by atoms with E-state index in [9.17, 15) is 0 Å². The zero-order chi connectivity index (χ0) is 6.57. The van der Waals surface area contributed by atoms with Crippen LogP contribution >= 0.6 is 0 Å². The average Bonchev–Trinajstić information content (AvgIpc) is 1.69. The van der Waals surface area contributed by atoms with Gasteiger partial charge in [0, 0.05) is 0 Å². The van der Waals surface area contributed by atoms with Crippen LogP contribution < -0.4 is 17.4 Å². The van der Waals surface area contributed by atoms with Gasteiger partial charge in [-0.25, -0.2) is 4.99 Å². The highest BCUT2D eigenvalue weighted by molar-refractivity contribution is 5.27. The summed E-state index contributed by atoms with van der Waals surface area (Å²) in [5, 5.41) is 0. The molecule has 6 N–H and O–H groups in total. The minimum Gasteiger partial charge on any atom is -0.387 e. The van der Waals surface area contributed by atoms with E-state index < -0.39 is 0 Å². The molecule has 46 valence electrons. The van der Waals surface area contributed by atoms with E-state index in [0.29, 0.717) is 0 Å². The molecule has 0 aromatic heterocycles. The lowest BCUT2D eigenvalue weighted by Gasteiger charge is -1.96. The zero-order valence-corrected chi connectivity index (χ0v) is 4.29. The Hall–Kier alpha value is -1.23. The first-order valence-electron chi connectivity index (χ1n) is 1.81. The lowest BCUT2D eigenvalue weighted by molar-refractivity contribution is 0.214. The van der Waals surface area contributed by atoms with Gasteiger partial charge < -0.3 is 16.3 Å². The summed E-state index contributed by atoms with van der Waals surface area (Å²) in [7, 11) is 0. The molecular formula is C3H8N4O. The zero-order valence-electron chi connectivity index (χ0n) is 4.29. The predicted octanol–water partition coefficient (Wildman–Crippen LogP) is -1.38. The van der Waals surface area contributed by atoms with E-state index in [1.807, 2.05) is 0 Å². The van der Waals surface area contributed by atoms with Crippen molar-refractivity contribution < 1.29 is 4.84 Å². The van der Waals surface area contributed by atoms with Crippen molar-refractivity contribution >= 4 is 6.72 Å². The summed E-state index contributed by atoms with van der Waals surface area (Å²) in [6, 6.07) is 0. The smallest absolute Gasteiger partial charge is 0.276 e. The topological polar surface area (TPSA) is 99.6 Å². The molecule has 0 heterocycles. The molecule has 0 radical (unpaired) electrons. The molecule has 0 aliphatic rings. The van der Waals surface area contributed by atoms with E-state index in [1.165, 1.54) is 0 Å². The Labute approximate surface area is 46.8 Å². The molecule has 0 bridgehead atoms. The van der Waals surface area contributed by atoms with Gasteiger partial charge in [-0.15, -0.1) is 0 Å². The van der Waals surface area contributed by atoms with Crippen LogP contribution in [0, 0.1) is 0 Å². The van der Waals surface area contributed by atoms with Gasteiger partial charge in [0.25, 0.3) is 5.88 Å². The van der Waals surface area contributed by atoms with Gasteiger partial charge in [-0.2, -0.15) is 5.90 Å². The Bertz CT molecular complexity index is 114. The molecule has 0 aliphatic carbocycles. The minimum absolute atomic E-state index is 0.0509. The van der Waals surface area contributed by atoms with Crippen LogP contribution in [0.5, 0.6) is 0 Å². The van der Waals surface area contributed by atoms with Crippen molar-refractivity contribution in [3.05, 3.63) is 11.7 Å². The molecule has 0 saturated heterocycles. The minimum atomic E-state index is -0.0810. The molecule has 0 unspecified atom stereocenters. The van der Waals surface area contributed by atoms with Gasteiger partial charge in [-0.3, -0.25) is 0 Å². The van der Waals surface area contributed by atoms with Crippen molar-refractivity contribution in [1.82, 2.24) is 0 Å². The highest BCUT2D eigenvalue weighted by Crippen LogP contribution is 1.91. The van der Waals surface area contributed by atoms with Crippen molar-refractivity contribution in [2.24, 2.45) is 22.4 Å². The van der Waals surface area contributed by atoms with E-state index in [-0.39, 0.29) is 11.7 Å². The summed E-state index contributed by atoms with van der Waals surface area (Å²) in [5.74, 6) is 4.50. The number of nitrogens with two attached hydrogens (primary N) is 3. The van der Waals surface area contributed by atoms with Gasteiger partial charge in [0.05, 0.1) is 0 Å². The van der Waals surface area contributed by atoms with Crippen LogP contribution in [-0.4, -0.2) is 6.72 Å². The second kappa shape index (κ2) is 2.86. The van der Waals surface area contributed by atoms with E-state index in [4.69, 9.17) is 11.5 Å². The molecule has 0 aliphatic heterocycles. The Morgan fingerprint density at radius 3 is 2.00 bits per heavy atom. The largest absolute Gasteiger partial charge is 0.387 e. The van der Waals surface area contributed by atoms with E-state index in [2.05, 4.69) is 22.4 Å². The van der Waals surface area contributed by atoms with Crippen LogP contribution in [0.15, 0.2) is 16.7 Å². The maximum Gasteiger partial charge on any atom is 0.276 e. The highest BCUT2D eigenvalue weighted by atomic mass is 16.6. The van der Waals surface area contributed by atoms with Crippen LogP contribution in [0.4, 0.5) is 0 Å². The quantitative estimate of drug-likeness (QED) is 0.235. The summed E-state index contributed by atoms with van der Waals surface area (Å²) >= 11 is 0. The molecular weight excluding hydrogens is 108 g/mol. The summed E-state index contributed by atoms with van der Waals surface area (Å²) < 4.78 is 0. The molecule has 5 nitrogen and oxygen atoms in total. The third kappa shape index (κ3) is 1.48. The second-order valence-electron chi connectivity index (χ2n) is 1.04. The van der Waals surface area contributed by atoms with Crippen LogP contribution in [0.25, 0.3) is 0 Å². The maximum atomic E-state index is 4.98. The molecule has 5 heteroatoms. The third-order valence-corrected chi connectivity index (χ3v) is 0.502. The first-order chi connectivity index (χ1) is 3.72. The van der Waals surface area contributed by atoms with Crippen LogP contribution in [-0.2, 0) is 4.84 Å². The first-order valence-corrected chi connectivity index (χ1v) is 1.81. The Morgan fingerprint density at radius 1 is 1.50 bits per heavy atom. The molecule has 8 heavy (non-hydrogen) atoms. The van der Waals surface area contributed by atoms with Gasteiger partial charge in [-0.1, -0.05) is 0 Å². The number of hydrogen-bond acceptors (Lipinski definition) is 5. The fourth-order valence-electron chi connectivity index (χ4n) is 0.197. The number of rotatable bonds is 2. The third-order valence-electron chi connectivity index (χ3n) is 0.502. The van der Waals surface area contributed by atoms with E-state index in [1.54, 1.807) is 0 Å². The molecule has 0 spiro atoms. The normalized spacial score (nSPS) is 7.62. The van der Waals surface area contributed by atoms with Gasteiger partial charge in [0.1, 0.15) is 0 Å². The predicted molar refractivity (Wildman–Crippen MR) is 30.2 cm³/mol. The van der Waals surface area contributed by atoms with Gasteiger partial charge in [-0.05, 0) is 6.72 Å². The van der Waals surface area contributed by atoms with E-state index >= 15 is 0 Å². The van der Waals surface area contributed by atoms with E-state index in [0.717, 1.165) is 0 Å². The fourth-order valence-corrected chi connectivity index (χ4v) is 0.197. The van der Waals surface area contributed by atoms with Crippen LogP contribution in [0.2, 0.25) is 0 Å². The van der Waals surface area contributed by atoms with Crippen molar-refractivity contribution in [3.63, 3.8) is 0 Å². The van der Waals surface area contributed by atoms with Crippen molar-refractivity contribution in [2.75, 3.05) is 0 Å². The lowest BCUT2D eigenvalue weighted by Crippen LogP contribution is -2.14. The summed E-state index contributed by atoms with van der Waals surface area (Å²) in [6.07, 6.45) is 0. The Balaban J connectivity index is 4.07. The molecule has 0 aromatic carbocycles. The van der Waals surface area contributed by atoms with Crippen LogP contribution in [0.3, 0.4) is 0 Å². The second-order valence-corrected chi connectivity index (χ2v) is 1.04. The molecule has 0 rings (SSSR count). The maximum absolute atomic E-state index is 4.98. The molecule has 0 saturated carbocycles. The monoisotopic (exact) mass is 116 g/mol. The van der Waals surface area contributed by atoms with Gasteiger partial charge in [0.2, 0.25) is 0 Å². The molecule has 0 amide bonds. The van der Waals surface area contributed by atoms with Crippen molar-refractivity contribution in [1.29, 1.82) is 0 Å². The van der Waals surface area contributed by atoms with Crippen molar-refractivity contribution in [3.8, 4) is 0 Å². The molecule has 0 atom stereocenters. The number of nitrogens with zero attached hydrogens (tertiary/aromatic N) is 1. The summed E-state index contributed by atoms with van der Waals surface area (Å²) in [6.45, 7) is 3.08. The number of hydrogen-bond donors (Lipinski definition) is 3. The van der Waals surface area contributed by atoms with Gasteiger partial charge >= 0.3 is 0 Å². The Morgan fingerprint density at radius 2 is 2.00 bits per heavy atom. The SMILES string of the molecule is C=NC(ON)=C(N)N. The molecule has 0 aromatic rings. The number of aliphatic imine (C=N–C) groups is 1. The molecule has 0 fully saturated rings. The van der Waals surface area contributed by atoms with Gasteiger partial charge in [0.15, 0.2) is 5.82 Å². The first kappa shape index (κ1) is 6.77.